The lowest BCUT2D eigenvalue weighted by Crippen LogP contribution is -2.33. The lowest BCUT2D eigenvalue weighted by atomic mass is 10.1. The maximum atomic E-state index is 8.99. The van der Waals surface area contributed by atoms with Crippen LogP contribution in [0.5, 0.6) is 0 Å². The van der Waals surface area contributed by atoms with Crippen molar-refractivity contribution in [2.24, 2.45) is 0 Å². The molecule has 0 spiro atoms. The van der Waals surface area contributed by atoms with Gasteiger partial charge in [-0.1, -0.05) is 0 Å². The van der Waals surface area contributed by atoms with Crippen molar-refractivity contribution in [3.63, 3.8) is 0 Å². The van der Waals surface area contributed by atoms with Crippen LogP contribution in [-0.2, 0) is 9.47 Å². The highest BCUT2D eigenvalue weighted by Gasteiger charge is 2.24. The first-order chi connectivity index (χ1) is 4.54. The summed E-state index contributed by atoms with van der Waals surface area (Å²) >= 11 is 0. The van der Waals surface area contributed by atoms with Crippen molar-refractivity contribution in [1.29, 1.82) is 0 Å². The summed E-state index contributed by atoms with van der Waals surface area (Å²) in [6.45, 7) is 3.50. The molecule has 1 N–H and O–H groups in total. The molecular formula is C7H16O3. The van der Waals surface area contributed by atoms with Crippen LogP contribution in [0.1, 0.15) is 20.3 Å². The quantitative estimate of drug-likeness (QED) is 0.598. The predicted molar refractivity (Wildman–Crippen MR) is 38.7 cm³/mol. The molecule has 0 heterocycles. The molecule has 3 heteroatoms. The second-order valence-corrected chi connectivity index (χ2v) is 2.60. The Hall–Kier alpha value is -0.120. The highest BCUT2D eigenvalue weighted by molar-refractivity contribution is 4.64. The van der Waals surface area contributed by atoms with E-state index < -0.39 is 11.9 Å². The van der Waals surface area contributed by atoms with Gasteiger partial charge in [-0.15, -0.1) is 0 Å². The van der Waals surface area contributed by atoms with Crippen LogP contribution in [0.3, 0.4) is 0 Å². The molecule has 0 aromatic heterocycles. The molecule has 0 saturated heterocycles. The number of aliphatic hydroxyl groups excluding tert-OH is 1. The third kappa shape index (κ3) is 3.15. The van der Waals surface area contributed by atoms with Gasteiger partial charge in [-0.05, 0) is 13.8 Å². The van der Waals surface area contributed by atoms with Crippen LogP contribution in [-0.4, -0.2) is 31.2 Å². The molecule has 0 unspecified atom stereocenters. The van der Waals surface area contributed by atoms with Gasteiger partial charge in [-0.25, -0.2) is 0 Å². The minimum Gasteiger partial charge on any atom is -0.393 e. The van der Waals surface area contributed by atoms with E-state index in [2.05, 4.69) is 0 Å². The van der Waals surface area contributed by atoms with Crippen LogP contribution >= 0.6 is 0 Å². The van der Waals surface area contributed by atoms with E-state index in [0.717, 1.165) is 0 Å². The van der Waals surface area contributed by atoms with Gasteiger partial charge >= 0.3 is 0 Å². The second-order valence-electron chi connectivity index (χ2n) is 2.60. The van der Waals surface area contributed by atoms with Crippen LogP contribution in [0.15, 0.2) is 0 Å². The SMILES string of the molecule is COC(C)(C[C@H](C)O)OC. The van der Waals surface area contributed by atoms with Crippen molar-refractivity contribution in [2.45, 2.75) is 32.2 Å². The number of methoxy groups -OCH3 is 2. The summed E-state index contributed by atoms with van der Waals surface area (Å²) in [5.41, 5.74) is 0. The van der Waals surface area contributed by atoms with Crippen molar-refractivity contribution in [1.82, 2.24) is 0 Å². The molecule has 1 atom stereocenters. The van der Waals surface area contributed by atoms with Gasteiger partial charge < -0.3 is 14.6 Å². The molecule has 62 valence electrons. The van der Waals surface area contributed by atoms with E-state index >= 15 is 0 Å². The van der Waals surface area contributed by atoms with E-state index in [9.17, 15) is 0 Å². The van der Waals surface area contributed by atoms with Crippen LogP contribution in [0, 0.1) is 0 Å². The molecular weight excluding hydrogens is 132 g/mol. The van der Waals surface area contributed by atoms with Crippen molar-refractivity contribution in [2.75, 3.05) is 14.2 Å². The van der Waals surface area contributed by atoms with Crippen LogP contribution in [0.4, 0.5) is 0 Å². The Morgan fingerprint density at radius 3 is 1.90 bits per heavy atom. The highest BCUT2D eigenvalue weighted by Crippen LogP contribution is 2.16. The topological polar surface area (TPSA) is 38.7 Å². The van der Waals surface area contributed by atoms with Gasteiger partial charge in [0.05, 0.1) is 6.10 Å². The zero-order valence-corrected chi connectivity index (χ0v) is 7.05. The fourth-order valence-electron chi connectivity index (χ4n) is 0.787. The first kappa shape index (κ1) is 9.88. The fraction of sp³-hybridized carbons (Fsp3) is 1.00. The number of hydrogen-bond donors (Lipinski definition) is 1. The largest absolute Gasteiger partial charge is 0.393 e. The van der Waals surface area contributed by atoms with E-state index in [1.54, 1.807) is 28.1 Å². The standard InChI is InChI=1S/C7H16O3/c1-6(8)5-7(2,9-3)10-4/h6,8H,5H2,1-4H3/t6-/m0/s1. The molecule has 0 aromatic rings. The van der Waals surface area contributed by atoms with E-state index in [0.29, 0.717) is 6.42 Å². The third-order valence-corrected chi connectivity index (χ3v) is 1.53. The summed E-state index contributed by atoms with van der Waals surface area (Å²) in [5.74, 6) is -0.645. The molecule has 3 nitrogen and oxygen atoms in total. The number of hydrogen-bond acceptors (Lipinski definition) is 3. The van der Waals surface area contributed by atoms with Gasteiger partial charge in [0.25, 0.3) is 0 Å². The molecule has 0 aliphatic rings. The Morgan fingerprint density at radius 1 is 1.40 bits per heavy atom. The minimum absolute atomic E-state index is 0.398. The zero-order valence-electron chi connectivity index (χ0n) is 7.05. The van der Waals surface area contributed by atoms with Crippen molar-refractivity contribution in [3.8, 4) is 0 Å². The molecule has 0 aliphatic carbocycles. The minimum atomic E-state index is -0.645. The van der Waals surface area contributed by atoms with Crippen LogP contribution in [0.2, 0.25) is 0 Å². The van der Waals surface area contributed by atoms with Gasteiger partial charge in [0.15, 0.2) is 5.79 Å². The van der Waals surface area contributed by atoms with Crippen molar-refractivity contribution in [3.05, 3.63) is 0 Å². The van der Waals surface area contributed by atoms with Gasteiger partial charge in [0.2, 0.25) is 0 Å². The summed E-state index contributed by atoms with van der Waals surface area (Å²) in [4.78, 5) is 0. The smallest absolute Gasteiger partial charge is 0.167 e. The number of rotatable bonds is 4. The van der Waals surface area contributed by atoms with E-state index in [1.807, 2.05) is 0 Å². The Morgan fingerprint density at radius 2 is 1.80 bits per heavy atom. The molecule has 0 bridgehead atoms. The lowest BCUT2D eigenvalue weighted by Gasteiger charge is -2.27. The van der Waals surface area contributed by atoms with E-state index in [-0.39, 0.29) is 0 Å². The maximum absolute atomic E-state index is 8.99. The first-order valence-corrected chi connectivity index (χ1v) is 3.32. The second kappa shape index (κ2) is 3.91. The first-order valence-electron chi connectivity index (χ1n) is 3.32. The van der Waals surface area contributed by atoms with Gasteiger partial charge in [0.1, 0.15) is 0 Å². The van der Waals surface area contributed by atoms with E-state index in [1.165, 1.54) is 0 Å². The Bertz CT molecular complexity index is 86.9. The van der Waals surface area contributed by atoms with Crippen molar-refractivity contribution < 1.29 is 14.6 Å². The molecule has 0 aromatic carbocycles. The Kier molecular flexibility index (Phi) is 3.86. The monoisotopic (exact) mass is 148 g/mol. The van der Waals surface area contributed by atoms with Gasteiger partial charge in [-0.3, -0.25) is 0 Å². The summed E-state index contributed by atoms with van der Waals surface area (Å²) in [6, 6.07) is 0. The molecule has 0 rings (SSSR count). The fourth-order valence-corrected chi connectivity index (χ4v) is 0.787. The summed E-state index contributed by atoms with van der Waals surface area (Å²) < 4.78 is 10.0. The summed E-state index contributed by atoms with van der Waals surface area (Å²) in [7, 11) is 3.12. The maximum Gasteiger partial charge on any atom is 0.167 e. The number of ether oxygens (including phenoxy) is 2. The molecule has 0 fully saturated rings. The average molecular weight is 148 g/mol. The van der Waals surface area contributed by atoms with Crippen molar-refractivity contribution >= 4 is 0 Å². The average Bonchev–Trinajstić information content (AvgIpc) is 1.87. The number of aliphatic hydroxyl groups is 1. The van der Waals surface area contributed by atoms with Crippen LogP contribution in [0.25, 0.3) is 0 Å². The molecule has 0 radical (unpaired) electrons. The zero-order chi connectivity index (χ0) is 8.20. The Labute approximate surface area is 62.0 Å². The van der Waals surface area contributed by atoms with Gasteiger partial charge in [0, 0.05) is 20.6 Å². The molecule has 0 saturated carbocycles. The molecule has 0 aliphatic heterocycles. The summed E-state index contributed by atoms with van der Waals surface area (Å²) in [6.07, 6.45) is 0.0879. The molecule has 10 heavy (non-hydrogen) atoms. The highest BCUT2D eigenvalue weighted by atomic mass is 16.7. The van der Waals surface area contributed by atoms with Gasteiger partial charge in [-0.2, -0.15) is 0 Å². The summed E-state index contributed by atoms with van der Waals surface area (Å²) in [5, 5.41) is 8.99. The van der Waals surface area contributed by atoms with Crippen LogP contribution < -0.4 is 0 Å². The third-order valence-electron chi connectivity index (χ3n) is 1.53. The van der Waals surface area contributed by atoms with E-state index in [4.69, 9.17) is 14.6 Å². The lowest BCUT2D eigenvalue weighted by molar-refractivity contribution is -0.207. The molecule has 0 amide bonds. The normalized spacial score (nSPS) is 15.3. The Balaban J connectivity index is 3.80. The predicted octanol–water partition coefficient (Wildman–Crippen LogP) is 0.766.